The Morgan fingerprint density at radius 2 is 1.93 bits per heavy atom. The van der Waals surface area contributed by atoms with Gasteiger partial charge in [-0.25, -0.2) is 0 Å². The Labute approximate surface area is 94.2 Å². The zero-order chi connectivity index (χ0) is 11.1. The molecule has 15 heavy (non-hydrogen) atoms. The highest BCUT2D eigenvalue weighted by Crippen LogP contribution is 2.22. The second kappa shape index (κ2) is 6.63. The standard InChI is InChI=1S/C11H24O3Si/c1-4-14-15(5-2,6-3)8-7-12-9-11-10-13-11/h11H,4-10H2,1-3H3. The molecule has 1 aliphatic rings. The molecule has 0 spiro atoms. The van der Waals surface area contributed by atoms with E-state index in [-0.39, 0.29) is 0 Å². The maximum atomic E-state index is 5.98. The first-order chi connectivity index (χ1) is 7.26. The molecule has 1 fully saturated rings. The van der Waals surface area contributed by atoms with Gasteiger partial charge in [0.25, 0.3) is 0 Å². The zero-order valence-corrected chi connectivity index (χ0v) is 11.3. The van der Waals surface area contributed by atoms with Gasteiger partial charge >= 0.3 is 0 Å². The van der Waals surface area contributed by atoms with Gasteiger partial charge in [-0.2, -0.15) is 0 Å². The highest BCUT2D eigenvalue weighted by molar-refractivity contribution is 6.73. The third-order valence-electron chi connectivity index (χ3n) is 3.15. The van der Waals surface area contributed by atoms with Crippen molar-refractivity contribution in [1.29, 1.82) is 0 Å². The lowest BCUT2D eigenvalue weighted by Gasteiger charge is -2.28. The van der Waals surface area contributed by atoms with Crippen LogP contribution in [0.4, 0.5) is 0 Å². The largest absolute Gasteiger partial charge is 0.417 e. The number of hydrogen-bond acceptors (Lipinski definition) is 3. The molecule has 0 aliphatic carbocycles. The SMILES string of the molecule is CCO[Si](CC)(CC)CCOCC1CO1. The van der Waals surface area contributed by atoms with Crippen LogP contribution < -0.4 is 0 Å². The van der Waals surface area contributed by atoms with E-state index in [4.69, 9.17) is 13.9 Å². The lowest BCUT2D eigenvalue weighted by molar-refractivity contribution is 0.124. The molecule has 1 atom stereocenters. The van der Waals surface area contributed by atoms with Crippen molar-refractivity contribution in [3.05, 3.63) is 0 Å². The van der Waals surface area contributed by atoms with E-state index in [0.717, 1.165) is 32.5 Å². The smallest absolute Gasteiger partial charge is 0.194 e. The molecule has 0 aromatic heterocycles. The summed E-state index contributed by atoms with van der Waals surface area (Å²) in [6.07, 6.45) is 0.386. The molecule has 3 nitrogen and oxygen atoms in total. The van der Waals surface area contributed by atoms with Gasteiger partial charge in [-0.3, -0.25) is 0 Å². The lowest BCUT2D eigenvalue weighted by Crippen LogP contribution is -2.38. The van der Waals surface area contributed by atoms with E-state index in [9.17, 15) is 0 Å². The summed E-state index contributed by atoms with van der Waals surface area (Å²) < 4.78 is 16.7. The fraction of sp³-hybridized carbons (Fsp3) is 1.00. The summed E-state index contributed by atoms with van der Waals surface area (Å²) in [4.78, 5) is 0. The molecule has 1 saturated heterocycles. The average molecular weight is 232 g/mol. The minimum absolute atomic E-state index is 0.386. The summed E-state index contributed by atoms with van der Waals surface area (Å²) in [5.74, 6) is 0. The first-order valence-corrected chi connectivity index (χ1v) is 8.62. The molecule has 0 amide bonds. The van der Waals surface area contributed by atoms with Crippen LogP contribution in [0, 0.1) is 0 Å². The predicted molar refractivity (Wildman–Crippen MR) is 63.7 cm³/mol. The van der Waals surface area contributed by atoms with Crippen LogP contribution in [-0.4, -0.2) is 40.8 Å². The Morgan fingerprint density at radius 3 is 2.40 bits per heavy atom. The first kappa shape index (κ1) is 13.2. The van der Waals surface area contributed by atoms with Crippen LogP contribution >= 0.6 is 0 Å². The number of hydrogen-bond donors (Lipinski definition) is 0. The second-order valence-corrected chi connectivity index (χ2v) is 8.67. The van der Waals surface area contributed by atoms with Crippen molar-refractivity contribution in [2.24, 2.45) is 0 Å². The Morgan fingerprint density at radius 1 is 1.27 bits per heavy atom. The zero-order valence-electron chi connectivity index (χ0n) is 10.3. The Kier molecular flexibility index (Phi) is 5.82. The Hall–Kier alpha value is 0.0969. The van der Waals surface area contributed by atoms with Gasteiger partial charge in [0.15, 0.2) is 8.32 Å². The highest BCUT2D eigenvalue weighted by atomic mass is 28.4. The van der Waals surface area contributed by atoms with Crippen molar-refractivity contribution in [3.8, 4) is 0 Å². The first-order valence-electron chi connectivity index (χ1n) is 6.09. The molecular weight excluding hydrogens is 208 g/mol. The predicted octanol–water partition coefficient (Wildman–Crippen LogP) is 2.42. The molecular formula is C11H24O3Si. The van der Waals surface area contributed by atoms with Crippen LogP contribution in [0.5, 0.6) is 0 Å². The van der Waals surface area contributed by atoms with Gasteiger partial charge in [0.05, 0.1) is 13.2 Å². The molecule has 90 valence electrons. The normalized spacial score (nSPS) is 20.6. The van der Waals surface area contributed by atoms with Crippen molar-refractivity contribution in [2.45, 2.75) is 45.0 Å². The summed E-state index contributed by atoms with van der Waals surface area (Å²) in [5, 5.41) is 0. The summed E-state index contributed by atoms with van der Waals surface area (Å²) in [7, 11) is -1.46. The van der Waals surface area contributed by atoms with Crippen LogP contribution in [0.3, 0.4) is 0 Å². The van der Waals surface area contributed by atoms with E-state index in [2.05, 4.69) is 20.8 Å². The summed E-state index contributed by atoms with van der Waals surface area (Å²) >= 11 is 0. The molecule has 1 unspecified atom stereocenters. The molecule has 1 rings (SSSR count). The van der Waals surface area contributed by atoms with Gasteiger partial charge in [0, 0.05) is 13.2 Å². The molecule has 0 bridgehead atoms. The monoisotopic (exact) mass is 232 g/mol. The highest BCUT2D eigenvalue weighted by Gasteiger charge is 2.30. The lowest BCUT2D eigenvalue weighted by atomic mass is 10.5. The number of epoxide rings is 1. The van der Waals surface area contributed by atoms with Gasteiger partial charge in [0.1, 0.15) is 6.10 Å². The molecule has 0 saturated carbocycles. The molecule has 0 N–H and O–H groups in total. The summed E-state index contributed by atoms with van der Waals surface area (Å²) in [6, 6.07) is 3.52. The van der Waals surface area contributed by atoms with Crippen LogP contribution in [0.1, 0.15) is 20.8 Å². The Bertz CT molecular complexity index is 167. The van der Waals surface area contributed by atoms with Gasteiger partial charge < -0.3 is 13.9 Å². The van der Waals surface area contributed by atoms with Crippen LogP contribution in [0.25, 0.3) is 0 Å². The molecule has 1 aliphatic heterocycles. The van der Waals surface area contributed by atoms with E-state index in [0.29, 0.717) is 6.10 Å². The molecule has 0 aromatic rings. The maximum Gasteiger partial charge on any atom is 0.194 e. The summed E-state index contributed by atoms with van der Waals surface area (Å²) in [5.41, 5.74) is 0. The Balaban J connectivity index is 2.16. The van der Waals surface area contributed by atoms with Crippen LogP contribution in [0.15, 0.2) is 0 Å². The van der Waals surface area contributed by atoms with Crippen LogP contribution in [0.2, 0.25) is 18.1 Å². The maximum absolute atomic E-state index is 5.98. The van der Waals surface area contributed by atoms with Crippen molar-refractivity contribution >= 4 is 8.32 Å². The number of rotatable bonds is 9. The molecule has 1 heterocycles. The molecule has 4 heteroatoms. The van der Waals surface area contributed by atoms with Crippen molar-refractivity contribution < 1.29 is 13.9 Å². The van der Waals surface area contributed by atoms with E-state index >= 15 is 0 Å². The minimum atomic E-state index is -1.46. The van der Waals surface area contributed by atoms with E-state index in [1.165, 1.54) is 12.1 Å². The van der Waals surface area contributed by atoms with Crippen molar-refractivity contribution in [3.63, 3.8) is 0 Å². The van der Waals surface area contributed by atoms with Gasteiger partial charge in [-0.15, -0.1) is 0 Å². The van der Waals surface area contributed by atoms with Gasteiger partial charge in [0.2, 0.25) is 0 Å². The fourth-order valence-electron chi connectivity index (χ4n) is 1.82. The van der Waals surface area contributed by atoms with E-state index < -0.39 is 8.32 Å². The van der Waals surface area contributed by atoms with Gasteiger partial charge in [-0.05, 0) is 25.1 Å². The molecule has 0 radical (unpaired) electrons. The third kappa shape index (κ3) is 4.63. The van der Waals surface area contributed by atoms with Crippen molar-refractivity contribution in [1.82, 2.24) is 0 Å². The quantitative estimate of drug-likeness (QED) is 0.347. The summed E-state index contributed by atoms with van der Waals surface area (Å²) in [6.45, 7) is 9.92. The van der Waals surface area contributed by atoms with E-state index in [1.807, 2.05) is 0 Å². The van der Waals surface area contributed by atoms with Crippen LogP contribution in [-0.2, 0) is 13.9 Å². The van der Waals surface area contributed by atoms with Gasteiger partial charge in [-0.1, -0.05) is 13.8 Å². The minimum Gasteiger partial charge on any atom is -0.417 e. The third-order valence-corrected chi connectivity index (χ3v) is 7.74. The van der Waals surface area contributed by atoms with E-state index in [1.54, 1.807) is 0 Å². The second-order valence-electron chi connectivity index (χ2n) is 4.10. The van der Waals surface area contributed by atoms with Crippen molar-refractivity contribution in [2.75, 3.05) is 26.4 Å². The topological polar surface area (TPSA) is 31.0 Å². The fourth-order valence-corrected chi connectivity index (χ4v) is 4.71. The molecule has 0 aromatic carbocycles. The average Bonchev–Trinajstić information content (AvgIpc) is 3.07. The number of ether oxygens (including phenoxy) is 2.